The van der Waals surface area contributed by atoms with E-state index in [1.165, 1.54) is 6.07 Å². The maximum Gasteiger partial charge on any atom is 0.142 e. The molecule has 1 atom stereocenters. The van der Waals surface area contributed by atoms with E-state index in [0.717, 1.165) is 17.7 Å². The summed E-state index contributed by atoms with van der Waals surface area (Å²) >= 11 is 7.64. The van der Waals surface area contributed by atoms with Crippen LogP contribution in [0.25, 0.3) is 0 Å². The van der Waals surface area contributed by atoms with Gasteiger partial charge in [0.1, 0.15) is 5.82 Å². The van der Waals surface area contributed by atoms with Crippen molar-refractivity contribution in [2.24, 2.45) is 5.84 Å². The van der Waals surface area contributed by atoms with Crippen LogP contribution in [0.1, 0.15) is 12.0 Å². The lowest BCUT2D eigenvalue weighted by molar-refractivity contribution is 0.512. The second-order valence-corrected chi connectivity index (χ2v) is 4.93. The molecule has 0 amide bonds. The lowest BCUT2D eigenvalue weighted by Crippen LogP contribution is -2.37. The van der Waals surface area contributed by atoms with Crippen LogP contribution in [0.15, 0.2) is 18.2 Å². The minimum absolute atomic E-state index is 0.131. The highest BCUT2D eigenvalue weighted by Crippen LogP contribution is 2.21. The Morgan fingerprint density at radius 1 is 1.56 bits per heavy atom. The molecule has 0 radical (unpaired) electrons. The number of hydrazine groups is 1. The Balaban J connectivity index is 2.66. The fourth-order valence-corrected chi connectivity index (χ4v) is 2.20. The summed E-state index contributed by atoms with van der Waals surface area (Å²) in [5.41, 5.74) is 3.53. The molecule has 1 unspecified atom stereocenters. The first-order valence-corrected chi connectivity index (χ1v) is 6.84. The Morgan fingerprint density at radius 3 is 2.94 bits per heavy atom. The number of nitrogens with one attached hydrogen (secondary N) is 1. The van der Waals surface area contributed by atoms with Gasteiger partial charge in [0.25, 0.3) is 0 Å². The summed E-state index contributed by atoms with van der Waals surface area (Å²) in [7, 11) is 0. The van der Waals surface area contributed by atoms with Crippen molar-refractivity contribution in [2.45, 2.75) is 18.9 Å². The van der Waals surface area contributed by atoms with Crippen molar-refractivity contribution < 1.29 is 4.39 Å². The highest BCUT2D eigenvalue weighted by Gasteiger charge is 2.11. The summed E-state index contributed by atoms with van der Waals surface area (Å²) in [6, 6.07) is 4.98. The lowest BCUT2D eigenvalue weighted by atomic mass is 10.0. The van der Waals surface area contributed by atoms with Gasteiger partial charge in [-0.15, -0.1) is 0 Å². The van der Waals surface area contributed by atoms with E-state index in [4.69, 9.17) is 17.4 Å². The number of halogens is 2. The molecule has 16 heavy (non-hydrogen) atoms. The van der Waals surface area contributed by atoms with Crippen LogP contribution < -0.4 is 11.3 Å². The Labute approximate surface area is 105 Å². The lowest BCUT2D eigenvalue weighted by Gasteiger charge is -2.16. The van der Waals surface area contributed by atoms with Crippen molar-refractivity contribution in [2.75, 3.05) is 12.0 Å². The molecular weight excluding hydrogens is 247 g/mol. The van der Waals surface area contributed by atoms with Gasteiger partial charge in [0.2, 0.25) is 0 Å². The zero-order chi connectivity index (χ0) is 12.0. The van der Waals surface area contributed by atoms with Crippen molar-refractivity contribution in [1.82, 2.24) is 5.43 Å². The van der Waals surface area contributed by atoms with Crippen LogP contribution in [0.4, 0.5) is 4.39 Å². The maximum atomic E-state index is 13.2. The van der Waals surface area contributed by atoms with E-state index in [1.54, 1.807) is 17.8 Å². The Bertz CT molecular complexity index is 336. The summed E-state index contributed by atoms with van der Waals surface area (Å²) in [5.74, 6) is 6.09. The topological polar surface area (TPSA) is 38.0 Å². The van der Waals surface area contributed by atoms with Crippen molar-refractivity contribution in [3.63, 3.8) is 0 Å². The zero-order valence-electron chi connectivity index (χ0n) is 9.17. The maximum absolute atomic E-state index is 13.2. The second kappa shape index (κ2) is 7.12. The fourth-order valence-electron chi connectivity index (χ4n) is 1.48. The molecule has 0 aliphatic carbocycles. The third-order valence-corrected chi connectivity index (χ3v) is 3.47. The molecule has 0 aromatic heterocycles. The third-order valence-electron chi connectivity index (χ3n) is 2.40. The van der Waals surface area contributed by atoms with E-state index in [9.17, 15) is 4.39 Å². The molecule has 0 saturated carbocycles. The molecule has 90 valence electrons. The number of benzene rings is 1. The molecule has 1 aromatic rings. The first-order valence-electron chi connectivity index (χ1n) is 5.07. The van der Waals surface area contributed by atoms with Crippen LogP contribution in [-0.2, 0) is 6.42 Å². The summed E-state index contributed by atoms with van der Waals surface area (Å²) in [6.45, 7) is 0. The number of hydrogen-bond donors (Lipinski definition) is 2. The van der Waals surface area contributed by atoms with Gasteiger partial charge in [0, 0.05) is 6.04 Å². The average Bonchev–Trinajstić information content (AvgIpc) is 2.30. The molecule has 0 spiro atoms. The van der Waals surface area contributed by atoms with Gasteiger partial charge in [-0.25, -0.2) is 4.39 Å². The van der Waals surface area contributed by atoms with Crippen molar-refractivity contribution in [3.8, 4) is 0 Å². The molecule has 0 aliphatic heterocycles. The summed E-state index contributed by atoms with van der Waals surface area (Å²) < 4.78 is 13.2. The summed E-state index contributed by atoms with van der Waals surface area (Å²) in [5, 5.41) is 0.201. The standard InChI is InChI=1S/C11H16ClFN2S/c1-16-6-5-9(15-14)7-8-3-2-4-10(13)11(8)12/h2-4,9,15H,5-7,14H2,1H3. The van der Waals surface area contributed by atoms with Crippen molar-refractivity contribution >= 4 is 23.4 Å². The van der Waals surface area contributed by atoms with Gasteiger partial charge in [-0.2, -0.15) is 11.8 Å². The quantitative estimate of drug-likeness (QED) is 0.611. The average molecular weight is 263 g/mol. The van der Waals surface area contributed by atoms with Crippen molar-refractivity contribution in [1.29, 1.82) is 0 Å². The van der Waals surface area contributed by atoms with Crippen LogP contribution in [0, 0.1) is 5.82 Å². The first kappa shape index (κ1) is 13.8. The predicted molar refractivity (Wildman–Crippen MR) is 69.2 cm³/mol. The van der Waals surface area contributed by atoms with Gasteiger partial charge in [-0.3, -0.25) is 11.3 Å². The molecule has 0 aliphatic rings. The molecular formula is C11H16ClFN2S. The summed E-state index contributed by atoms with van der Waals surface area (Å²) in [6.07, 6.45) is 3.63. The Morgan fingerprint density at radius 2 is 2.31 bits per heavy atom. The normalized spacial score (nSPS) is 12.8. The fraction of sp³-hybridized carbons (Fsp3) is 0.455. The number of rotatable bonds is 6. The highest BCUT2D eigenvalue weighted by molar-refractivity contribution is 7.98. The van der Waals surface area contributed by atoms with Gasteiger partial charge < -0.3 is 0 Å². The van der Waals surface area contributed by atoms with E-state index < -0.39 is 0 Å². The Kier molecular flexibility index (Phi) is 6.13. The zero-order valence-corrected chi connectivity index (χ0v) is 10.7. The van der Waals surface area contributed by atoms with Gasteiger partial charge in [-0.1, -0.05) is 23.7 Å². The highest BCUT2D eigenvalue weighted by atomic mass is 35.5. The van der Waals surface area contributed by atoms with E-state index in [-0.39, 0.29) is 16.9 Å². The van der Waals surface area contributed by atoms with E-state index in [2.05, 4.69) is 5.43 Å². The van der Waals surface area contributed by atoms with Gasteiger partial charge in [0.05, 0.1) is 5.02 Å². The first-order chi connectivity index (χ1) is 7.69. The molecule has 0 fully saturated rings. The monoisotopic (exact) mass is 262 g/mol. The molecule has 1 rings (SSSR count). The molecule has 3 N–H and O–H groups in total. The minimum Gasteiger partial charge on any atom is -0.271 e. The number of thioether (sulfide) groups is 1. The third kappa shape index (κ3) is 3.94. The molecule has 2 nitrogen and oxygen atoms in total. The number of nitrogens with two attached hydrogens (primary N) is 1. The van der Waals surface area contributed by atoms with Gasteiger partial charge >= 0.3 is 0 Å². The second-order valence-electron chi connectivity index (χ2n) is 3.56. The van der Waals surface area contributed by atoms with Gasteiger partial charge in [-0.05, 0) is 36.5 Å². The molecule has 0 heterocycles. The van der Waals surface area contributed by atoms with E-state index in [1.807, 2.05) is 12.3 Å². The molecule has 5 heteroatoms. The van der Waals surface area contributed by atoms with E-state index in [0.29, 0.717) is 6.42 Å². The predicted octanol–water partition coefficient (Wildman–Crippen LogP) is 2.61. The smallest absolute Gasteiger partial charge is 0.142 e. The Hall–Kier alpha value is -0.290. The van der Waals surface area contributed by atoms with E-state index >= 15 is 0 Å². The van der Waals surface area contributed by atoms with Crippen LogP contribution in [0.3, 0.4) is 0 Å². The molecule has 1 aromatic carbocycles. The SMILES string of the molecule is CSCCC(Cc1cccc(F)c1Cl)NN. The van der Waals surface area contributed by atoms with Crippen LogP contribution in [0.2, 0.25) is 5.02 Å². The van der Waals surface area contributed by atoms with Gasteiger partial charge in [0.15, 0.2) is 0 Å². The van der Waals surface area contributed by atoms with Crippen LogP contribution >= 0.6 is 23.4 Å². The van der Waals surface area contributed by atoms with Crippen LogP contribution in [-0.4, -0.2) is 18.1 Å². The summed E-state index contributed by atoms with van der Waals surface area (Å²) in [4.78, 5) is 0. The minimum atomic E-state index is -0.375. The molecule has 0 bridgehead atoms. The van der Waals surface area contributed by atoms with Crippen LogP contribution in [0.5, 0.6) is 0 Å². The largest absolute Gasteiger partial charge is 0.271 e. The van der Waals surface area contributed by atoms with Crippen molar-refractivity contribution in [3.05, 3.63) is 34.6 Å². The number of hydrogen-bond acceptors (Lipinski definition) is 3. The molecule has 0 saturated heterocycles.